The molecule has 3 aromatic rings. The molecule has 0 spiro atoms. The van der Waals surface area contributed by atoms with E-state index in [1.165, 1.54) is 30.6 Å². The summed E-state index contributed by atoms with van der Waals surface area (Å²) < 4.78 is 14.0. The first-order valence-corrected chi connectivity index (χ1v) is 6.51. The van der Waals surface area contributed by atoms with Gasteiger partial charge in [-0.05, 0) is 17.7 Å². The largest absolute Gasteiger partial charge is 0.477 e. The maximum Gasteiger partial charge on any atom is 0.354 e. The molecule has 1 amide bonds. The molecule has 8 nitrogen and oxygen atoms in total. The van der Waals surface area contributed by atoms with Gasteiger partial charge in [0.05, 0.1) is 0 Å². The number of carboxylic acid groups (broad SMARTS) is 1. The number of fused-ring (bicyclic) bond motifs is 1. The molecule has 2 aromatic heterocycles. The minimum absolute atomic E-state index is 0.00740. The van der Waals surface area contributed by atoms with Crippen LogP contribution in [-0.2, 0) is 6.54 Å². The monoisotopic (exact) mass is 315 g/mol. The van der Waals surface area contributed by atoms with Crippen molar-refractivity contribution in [3.8, 4) is 0 Å². The minimum atomic E-state index is -1.27. The summed E-state index contributed by atoms with van der Waals surface area (Å²) in [5.41, 5.74) is 0.381. The Balaban J connectivity index is 1.86. The number of nitrogens with zero attached hydrogens (tertiary/aromatic N) is 4. The van der Waals surface area contributed by atoms with Gasteiger partial charge in [0.25, 0.3) is 11.7 Å². The second-order valence-electron chi connectivity index (χ2n) is 4.61. The average molecular weight is 315 g/mol. The van der Waals surface area contributed by atoms with E-state index in [0.29, 0.717) is 5.56 Å². The normalized spacial score (nSPS) is 10.7. The summed E-state index contributed by atoms with van der Waals surface area (Å²) in [6.45, 7) is 0.153. The van der Waals surface area contributed by atoms with Gasteiger partial charge in [-0.15, -0.1) is 0 Å². The van der Waals surface area contributed by atoms with E-state index >= 15 is 0 Å². The summed E-state index contributed by atoms with van der Waals surface area (Å²) >= 11 is 0. The van der Waals surface area contributed by atoms with Crippen molar-refractivity contribution in [2.24, 2.45) is 0 Å². The lowest BCUT2D eigenvalue weighted by atomic mass is 10.2. The van der Waals surface area contributed by atoms with Crippen LogP contribution in [0.5, 0.6) is 0 Å². The summed E-state index contributed by atoms with van der Waals surface area (Å²) in [6.07, 6.45) is 1.17. The summed E-state index contributed by atoms with van der Waals surface area (Å²) in [5.74, 6) is -2.18. The Morgan fingerprint density at radius 1 is 1.26 bits per heavy atom. The maximum atomic E-state index is 12.8. The van der Waals surface area contributed by atoms with Crippen molar-refractivity contribution in [3.63, 3.8) is 0 Å². The highest BCUT2D eigenvalue weighted by Crippen LogP contribution is 2.07. The van der Waals surface area contributed by atoms with Crippen LogP contribution < -0.4 is 5.32 Å². The standard InChI is InChI=1S/C14H10FN5O3/c15-9-3-1-8(2-4-9)6-16-12(21)11-5-10(13(22)23)19-14-17-7-18-20(11)14/h1-5,7H,6H2,(H,16,21)(H,22,23). The summed E-state index contributed by atoms with van der Waals surface area (Å²) in [4.78, 5) is 30.9. The molecule has 0 fully saturated rings. The van der Waals surface area contributed by atoms with Gasteiger partial charge in [0.15, 0.2) is 5.69 Å². The number of rotatable bonds is 4. The molecule has 0 saturated heterocycles. The summed E-state index contributed by atoms with van der Waals surface area (Å²) in [7, 11) is 0. The molecule has 0 aliphatic carbocycles. The zero-order chi connectivity index (χ0) is 16.4. The quantitative estimate of drug-likeness (QED) is 0.740. The third-order valence-electron chi connectivity index (χ3n) is 3.07. The highest BCUT2D eigenvalue weighted by Gasteiger charge is 2.17. The number of halogens is 1. The first kappa shape index (κ1) is 14.6. The molecule has 0 radical (unpaired) electrons. The third kappa shape index (κ3) is 2.98. The first-order valence-electron chi connectivity index (χ1n) is 6.51. The number of nitrogens with one attached hydrogen (secondary N) is 1. The van der Waals surface area contributed by atoms with Gasteiger partial charge in [-0.25, -0.2) is 14.2 Å². The fourth-order valence-corrected chi connectivity index (χ4v) is 1.96. The van der Waals surface area contributed by atoms with Crippen LogP contribution in [0.2, 0.25) is 0 Å². The van der Waals surface area contributed by atoms with Gasteiger partial charge >= 0.3 is 5.97 Å². The lowest BCUT2D eigenvalue weighted by Gasteiger charge is -2.07. The number of carbonyl (C=O) groups is 2. The van der Waals surface area contributed by atoms with Gasteiger partial charge in [-0.2, -0.15) is 14.6 Å². The average Bonchev–Trinajstić information content (AvgIpc) is 3.01. The lowest BCUT2D eigenvalue weighted by Crippen LogP contribution is -2.26. The Labute approximate surface area is 128 Å². The van der Waals surface area contributed by atoms with E-state index in [-0.39, 0.29) is 29.5 Å². The van der Waals surface area contributed by atoms with E-state index in [1.807, 2.05) is 0 Å². The summed E-state index contributed by atoms with van der Waals surface area (Å²) in [6, 6.07) is 6.76. The van der Waals surface area contributed by atoms with Crippen LogP contribution in [0.1, 0.15) is 26.5 Å². The fraction of sp³-hybridized carbons (Fsp3) is 0.0714. The topological polar surface area (TPSA) is 109 Å². The number of carboxylic acids is 1. The molecule has 1 aromatic carbocycles. The van der Waals surface area contributed by atoms with E-state index in [4.69, 9.17) is 5.11 Å². The Morgan fingerprint density at radius 3 is 2.70 bits per heavy atom. The molecule has 2 N–H and O–H groups in total. The number of aromatic nitrogens is 4. The molecular formula is C14H10FN5O3. The van der Waals surface area contributed by atoms with Crippen LogP contribution >= 0.6 is 0 Å². The van der Waals surface area contributed by atoms with Gasteiger partial charge in [0.1, 0.15) is 17.8 Å². The third-order valence-corrected chi connectivity index (χ3v) is 3.07. The number of amides is 1. The molecule has 0 bridgehead atoms. The van der Waals surface area contributed by atoms with E-state index in [9.17, 15) is 14.0 Å². The predicted molar refractivity (Wildman–Crippen MR) is 75.3 cm³/mol. The number of hydrogen-bond acceptors (Lipinski definition) is 5. The number of benzene rings is 1. The Morgan fingerprint density at radius 2 is 2.00 bits per heavy atom. The molecule has 23 heavy (non-hydrogen) atoms. The highest BCUT2D eigenvalue weighted by molar-refractivity contribution is 5.95. The minimum Gasteiger partial charge on any atom is -0.477 e. The SMILES string of the molecule is O=C(O)c1cc(C(=O)NCc2ccc(F)cc2)n2ncnc2n1. The smallest absolute Gasteiger partial charge is 0.354 e. The van der Waals surface area contributed by atoms with Crippen molar-refractivity contribution in [1.82, 2.24) is 24.9 Å². The van der Waals surface area contributed by atoms with E-state index in [0.717, 1.165) is 10.6 Å². The van der Waals surface area contributed by atoms with Gasteiger partial charge in [-0.1, -0.05) is 12.1 Å². The number of hydrogen-bond donors (Lipinski definition) is 2. The van der Waals surface area contributed by atoms with Crippen LogP contribution in [0.25, 0.3) is 5.78 Å². The van der Waals surface area contributed by atoms with E-state index in [1.54, 1.807) is 0 Å². The molecule has 2 heterocycles. The van der Waals surface area contributed by atoms with Crippen molar-refractivity contribution >= 4 is 17.7 Å². The van der Waals surface area contributed by atoms with Gasteiger partial charge < -0.3 is 10.4 Å². The molecule has 116 valence electrons. The van der Waals surface area contributed by atoms with Crippen molar-refractivity contribution < 1.29 is 19.1 Å². The van der Waals surface area contributed by atoms with Gasteiger partial charge in [0, 0.05) is 12.6 Å². The predicted octanol–water partition coefficient (Wildman–Crippen LogP) is 0.892. The molecule has 3 rings (SSSR count). The molecule has 0 unspecified atom stereocenters. The summed E-state index contributed by atoms with van der Waals surface area (Å²) in [5, 5.41) is 15.5. The number of aromatic carboxylic acids is 1. The molecule has 0 aliphatic heterocycles. The number of carbonyl (C=O) groups excluding carboxylic acids is 1. The zero-order valence-electron chi connectivity index (χ0n) is 11.6. The van der Waals surface area contributed by atoms with Crippen LogP contribution in [0.3, 0.4) is 0 Å². The second-order valence-corrected chi connectivity index (χ2v) is 4.61. The molecule has 0 aliphatic rings. The van der Waals surface area contributed by atoms with Crippen molar-refractivity contribution in [1.29, 1.82) is 0 Å². The van der Waals surface area contributed by atoms with Crippen LogP contribution in [-0.4, -0.2) is 36.6 Å². The molecule has 0 saturated carbocycles. The van der Waals surface area contributed by atoms with Crippen LogP contribution in [0, 0.1) is 5.82 Å². The van der Waals surface area contributed by atoms with Gasteiger partial charge in [-0.3, -0.25) is 4.79 Å². The van der Waals surface area contributed by atoms with Gasteiger partial charge in [0.2, 0.25) is 0 Å². The van der Waals surface area contributed by atoms with Crippen LogP contribution in [0.15, 0.2) is 36.7 Å². The van der Waals surface area contributed by atoms with Crippen molar-refractivity contribution in [2.75, 3.05) is 0 Å². The maximum absolute atomic E-state index is 12.8. The lowest BCUT2D eigenvalue weighted by molar-refractivity contribution is 0.0690. The molecular weight excluding hydrogens is 305 g/mol. The van der Waals surface area contributed by atoms with Crippen LogP contribution in [0.4, 0.5) is 4.39 Å². The fourth-order valence-electron chi connectivity index (χ4n) is 1.96. The van der Waals surface area contributed by atoms with Crippen molar-refractivity contribution in [3.05, 3.63) is 59.4 Å². The first-order chi connectivity index (χ1) is 11.0. The van der Waals surface area contributed by atoms with E-state index in [2.05, 4.69) is 20.4 Å². The highest BCUT2D eigenvalue weighted by atomic mass is 19.1. The van der Waals surface area contributed by atoms with Crippen molar-refractivity contribution in [2.45, 2.75) is 6.54 Å². The van der Waals surface area contributed by atoms with E-state index < -0.39 is 11.9 Å². The zero-order valence-corrected chi connectivity index (χ0v) is 11.6. The molecule has 9 heteroatoms. The second kappa shape index (κ2) is 5.79. The Bertz CT molecular complexity index is 891. The Kier molecular flexibility index (Phi) is 3.67. The molecule has 0 atom stereocenters. The Hall–Kier alpha value is -3.36.